The molecule has 2 heterocycles. The fourth-order valence-electron chi connectivity index (χ4n) is 2.38. The number of benzene rings is 1. The molecule has 0 saturated heterocycles. The van der Waals surface area contributed by atoms with Crippen LogP contribution in [0.25, 0.3) is 21.2 Å². The van der Waals surface area contributed by atoms with Crippen molar-refractivity contribution >= 4 is 44.2 Å². The van der Waals surface area contributed by atoms with Gasteiger partial charge < -0.3 is 14.9 Å². The van der Waals surface area contributed by atoms with Gasteiger partial charge in [-0.25, -0.2) is 9.78 Å². The second-order valence-corrected chi connectivity index (χ2v) is 7.49. The van der Waals surface area contributed by atoms with Crippen molar-refractivity contribution in [2.75, 3.05) is 12.8 Å². The minimum atomic E-state index is -0.426. The predicted octanol–water partition coefficient (Wildman–Crippen LogP) is 4.00. The van der Waals surface area contributed by atoms with E-state index in [4.69, 9.17) is 14.9 Å². The zero-order chi connectivity index (χ0) is 16.1. The van der Waals surface area contributed by atoms with E-state index >= 15 is 0 Å². The van der Waals surface area contributed by atoms with Crippen molar-refractivity contribution in [2.24, 2.45) is 5.41 Å². The number of methoxy groups -OCH3 is 1. The van der Waals surface area contributed by atoms with Crippen LogP contribution in [0.2, 0.25) is 0 Å². The normalized spacial score (nSPS) is 12.2. The van der Waals surface area contributed by atoms with Crippen LogP contribution >= 0.6 is 11.3 Å². The number of ether oxygens (including phenoxy) is 1. The molecule has 5 nitrogen and oxygen atoms in total. The lowest BCUT2D eigenvalue weighted by atomic mass is 9.92. The number of rotatable bonds is 2. The molecule has 0 fully saturated rings. The van der Waals surface area contributed by atoms with Crippen LogP contribution in [0.1, 0.15) is 36.3 Å². The zero-order valence-corrected chi connectivity index (χ0v) is 13.8. The van der Waals surface area contributed by atoms with Crippen molar-refractivity contribution in [2.45, 2.75) is 27.2 Å². The lowest BCUT2D eigenvalue weighted by molar-refractivity contribution is 0.0607. The summed E-state index contributed by atoms with van der Waals surface area (Å²) in [5.74, 6) is 0.270. The quantitative estimate of drug-likeness (QED) is 0.723. The number of hydrogen-bond acceptors (Lipinski definition) is 6. The molecule has 0 aliphatic heterocycles. The van der Waals surface area contributed by atoms with Crippen LogP contribution in [0.15, 0.2) is 16.5 Å². The first-order valence-electron chi connectivity index (χ1n) is 6.99. The van der Waals surface area contributed by atoms with Gasteiger partial charge in [0.1, 0.15) is 10.4 Å². The number of esters is 1. The van der Waals surface area contributed by atoms with Gasteiger partial charge in [0.2, 0.25) is 0 Å². The number of oxazole rings is 1. The van der Waals surface area contributed by atoms with Gasteiger partial charge in [0.15, 0.2) is 11.5 Å². The first kappa shape index (κ1) is 14.8. The Morgan fingerprint density at radius 1 is 1.41 bits per heavy atom. The summed E-state index contributed by atoms with van der Waals surface area (Å²) in [6, 6.07) is 3.71. The summed E-state index contributed by atoms with van der Waals surface area (Å²) >= 11 is 1.30. The summed E-state index contributed by atoms with van der Waals surface area (Å²) in [5.41, 5.74) is 8.06. The SMILES string of the molecule is COC(=O)c1sc2c(ccc3oc(CC(C)(C)C)nc32)c1N. The molecule has 3 rings (SSSR count). The van der Waals surface area contributed by atoms with Gasteiger partial charge in [-0.2, -0.15) is 0 Å². The van der Waals surface area contributed by atoms with Crippen molar-refractivity contribution in [1.82, 2.24) is 4.98 Å². The molecule has 0 bridgehead atoms. The number of anilines is 1. The fraction of sp³-hybridized carbons (Fsp3) is 0.375. The Balaban J connectivity index is 2.20. The Hall–Kier alpha value is -2.08. The Morgan fingerprint density at radius 2 is 2.14 bits per heavy atom. The minimum absolute atomic E-state index is 0.0889. The maximum absolute atomic E-state index is 11.8. The molecule has 6 heteroatoms. The third-order valence-corrected chi connectivity index (χ3v) is 4.56. The molecule has 0 unspecified atom stereocenters. The van der Waals surface area contributed by atoms with E-state index in [0.717, 1.165) is 22.0 Å². The number of nitrogens with zero attached hydrogens (tertiary/aromatic N) is 1. The van der Waals surface area contributed by atoms with E-state index in [1.54, 1.807) is 0 Å². The molecule has 2 aromatic heterocycles. The van der Waals surface area contributed by atoms with E-state index in [1.165, 1.54) is 18.4 Å². The molecule has 0 spiro atoms. The summed E-state index contributed by atoms with van der Waals surface area (Å²) in [7, 11) is 1.35. The summed E-state index contributed by atoms with van der Waals surface area (Å²) in [6.07, 6.45) is 0.744. The summed E-state index contributed by atoms with van der Waals surface area (Å²) in [6.45, 7) is 6.40. The number of thiophene rings is 1. The third kappa shape index (κ3) is 2.43. The first-order valence-corrected chi connectivity index (χ1v) is 7.80. The molecule has 0 aliphatic rings. The number of nitrogen functional groups attached to an aromatic ring is 1. The monoisotopic (exact) mass is 318 g/mol. The summed E-state index contributed by atoms with van der Waals surface area (Å²) in [4.78, 5) is 16.8. The minimum Gasteiger partial charge on any atom is -0.465 e. The van der Waals surface area contributed by atoms with E-state index in [2.05, 4.69) is 25.8 Å². The molecule has 0 amide bonds. The molecule has 0 saturated carbocycles. The standard InChI is InChI=1S/C16H18N2O3S/c1-16(2,3)7-10-18-12-9(21-10)6-5-8-11(17)14(15(19)20-4)22-13(8)12/h5-6H,7,17H2,1-4H3. The van der Waals surface area contributed by atoms with Crippen molar-refractivity contribution < 1.29 is 13.9 Å². The largest absolute Gasteiger partial charge is 0.465 e. The van der Waals surface area contributed by atoms with Crippen molar-refractivity contribution in [3.05, 3.63) is 22.9 Å². The van der Waals surface area contributed by atoms with Gasteiger partial charge in [-0.15, -0.1) is 11.3 Å². The molecule has 116 valence electrons. The van der Waals surface area contributed by atoms with E-state index in [0.29, 0.717) is 22.0 Å². The maximum atomic E-state index is 11.8. The van der Waals surface area contributed by atoms with Crippen molar-refractivity contribution in [3.63, 3.8) is 0 Å². The lowest BCUT2D eigenvalue weighted by Crippen LogP contribution is -2.09. The fourth-order valence-corrected chi connectivity index (χ4v) is 3.51. The van der Waals surface area contributed by atoms with E-state index in [9.17, 15) is 4.79 Å². The highest BCUT2D eigenvalue weighted by Gasteiger charge is 2.21. The Labute approximate surface area is 132 Å². The number of carbonyl (C=O) groups is 1. The second kappa shape index (κ2) is 4.98. The van der Waals surface area contributed by atoms with Crippen LogP contribution in [0.3, 0.4) is 0 Å². The molecule has 0 aliphatic carbocycles. The molecule has 1 aromatic carbocycles. The summed E-state index contributed by atoms with van der Waals surface area (Å²) in [5, 5.41) is 0.813. The van der Waals surface area contributed by atoms with Gasteiger partial charge in [0.25, 0.3) is 0 Å². The van der Waals surface area contributed by atoms with Gasteiger partial charge >= 0.3 is 5.97 Å². The average Bonchev–Trinajstić information content (AvgIpc) is 2.97. The van der Waals surface area contributed by atoms with Gasteiger partial charge in [-0.05, 0) is 17.5 Å². The first-order chi connectivity index (χ1) is 10.3. The molecular weight excluding hydrogens is 300 g/mol. The Bertz CT molecular complexity index is 871. The Kier molecular flexibility index (Phi) is 3.36. The van der Waals surface area contributed by atoms with Gasteiger partial charge in [-0.1, -0.05) is 20.8 Å². The zero-order valence-electron chi connectivity index (χ0n) is 13.0. The summed E-state index contributed by atoms with van der Waals surface area (Å²) < 4.78 is 11.5. The van der Waals surface area contributed by atoms with E-state index in [1.807, 2.05) is 12.1 Å². The van der Waals surface area contributed by atoms with Gasteiger partial charge in [0.05, 0.1) is 17.5 Å². The van der Waals surface area contributed by atoms with Crippen molar-refractivity contribution in [1.29, 1.82) is 0 Å². The van der Waals surface area contributed by atoms with Crippen LogP contribution in [0.5, 0.6) is 0 Å². The third-order valence-electron chi connectivity index (χ3n) is 3.35. The van der Waals surface area contributed by atoms with Crippen LogP contribution < -0.4 is 5.73 Å². The highest BCUT2D eigenvalue weighted by atomic mass is 32.1. The van der Waals surface area contributed by atoms with Gasteiger partial charge in [0, 0.05) is 11.8 Å². The molecule has 22 heavy (non-hydrogen) atoms. The Morgan fingerprint density at radius 3 is 2.77 bits per heavy atom. The van der Waals surface area contributed by atoms with Crippen molar-refractivity contribution in [3.8, 4) is 0 Å². The topological polar surface area (TPSA) is 78.3 Å². The number of nitrogens with two attached hydrogens (primary N) is 1. The maximum Gasteiger partial charge on any atom is 0.350 e. The van der Waals surface area contributed by atoms with Crippen LogP contribution in [-0.2, 0) is 11.2 Å². The highest BCUT2D eigenvalue weighted by Crippen LogP contribution is 2.39. The molecule has 2 N–H and O–H groups in total. The lowest BCUT2D eigenvalue weighted by Gasteiger charge is -2.14. The molecule has 0 atom stereocenters. The molecular formula is C16H18N2O3S. The average molecular weight is 318 g/mol. The highest BCUT2D eigenvalue weighted by molar-refractivity contribution is 7.22. The van der Waals surface area contributed by atoms with Crippen LogP contribution in [-0.4, -0.2) is 18.1 Å². The smallest absolute Gasteiger partial charge is 0.350 e. The van der Waals surface area contributed by atoms with Gasteiger partial charge in [-0.3, -0.25) is 0 Å². The van der Waals surface area contributed by atoms with E-state index < -0.39 is 5.97 Å². The second-order valence-electron chi connectivity index (χ2n) is 6.47. The van der Waals surface area contributed by atoms with E-state index in [-0.39, 0.29) is 5.41 Å². The molecule has 3 aromatic rings. The number of hydrogen-bond donors (Lipinski definition) is 1. The molecule has 0 radical (unpaired) electrons. The number of aromatic nitrogens is 1. The van der Waals surface area contributed by atoms with Crippen LogP contribution in [0.4, 0.5) is 5.69 Å². The predicted molar refractivity (Wildman–Crippen MR) is 88.3 cm³/mol. The number of carbonyl (C=O) groups excluding carboxylic acids is 1. The number of fused-ring (bicyclic) bond motifs is 3. The van der Waals surface area contributed by atoms with Crippen LogP contribution in [0, 0.1) is 5.41 Å².